The van der Waals surface area contributed by atoms with Crippen LogP contribution < -0.4 is 10.1 Å². The molecule has 0 bridgehead atoms. The summed E-state index contributed by atoms with van der Waals surface area (Å²) in [5.74, 6) is 2.03. The summed E-state index contributed by atoms with van der Waals surface area (Å²) in [4.78, 5) is 0. The Morgan fingerprint density at radius 3 is 2.80 bits per heavy atom. The summed E-state index contributed by atoms with van der Waals surface area (Å²) < 4.78 is 10.7. The summed E-state index contributed by atoms with van der Waals surface area (Å²) in [5.41, 5.74) is 1.17. The molecule has 0 saturated carbocycles. The van der Waals surface area contributed by atoms with Gasteiger partial charge in [-0.15, -0.1) is 0 Å². The van der Waals surface area contributed by atoms with E-state index < -0.39 is 0 Å². The predicted octanol–water partition coefficient (Wildman–Crippen LogP) is 2.88. The van der Waals surface area contributed by atoms with Crippen molar-refractivity contribution < 1.29 is 9.15 Å². The van der Waals surface area contributed by atoms with E-state index in [1.165, 1.54) is 5.56 Å². The smallest absolute Gasteiger partial charge is 0.203 e. The van der Waals surface area contributed by atoms with Crippen LogP contribution in [0.3, 0.4) is 0 Å². The zero-order chi connectivity index (χ0) is 14.4. The Labute approximate surface area is 119 Å². The Kier molecular flexibility index (Phi) is 4.80. The van der Waals surface area contributed by atoms with E-state index in [0.29, 0.717) is 12.3 Å². The van der Waals surface area contributed by atoms with Crippen LogP contribution in [0.15, 0.2) is 40.8 Å². The molecule has 0 radical (unpaired) electrons. The minimum atomic E-state index is 0.280. The Bertz CT molecular complexity index is 599. The lowest BCUT2D eigenvalue weighted by Crippen LogP contribution is -2.27. The first kappa shape index (κ1) is 14.2. The van der Waals surface area contributed by atoms with Gasteiger partial charge in [-0.05, 0) is 37.1 Å². The van der Waals surface area contributed by atoms with Crippen LogP contribution in [0.5, 0.6) is 5.75 Å². The minimum Gasteiger partial charge on any atom is -0.496 e. The highest BCUT2D eigenvalue weighted by Gasteiger charge is 2.08. The summed E-state index contributed by atoms with van der Waals surface area (Å²) in [6.07, 6.45) is 0.871. The summed E-state index contributed by atoms with van der Waals surface area (Å²) in [6, 6.07) is 13.8. The quantitative estimate of drug-likeness (QED) is 0.876. The first-order chi connectivity index (χ1) is 9.72. The fraction of sp³-hybridized carbons (Fsp3) is 0.312. The molecule has 104 valence electrons. The molecule has 4 heteroatoms. The highest BCUT2D eigenvalue weighted by Crippen LogP contribution is 2.19. The molecular formula is C16H18N2O2. The van der Waals surface area contributed by atoms with Gasteiger partial charge in [-0.25, -0.2) is 0 Å². The van der Waals surface area contributed by atoms with Crippen LogP contribution in [0.4, 0.5) is 0 Å². The molecule has 1 aromatic carbocycles. The molecule has 20 heavy (non-hydrogen) atoms. The van der Waals surface area contributed by atoms with Gasteiger partial charge in [0.1, 0.15) is 17.6 Å². The molecule has 0 saturated heterocycles. The number of rotatable bonds is 6. The average Bonchev–Trinajstić information content (AvgIpc) is 2.94. The van der Waals surface area contributed by atoms with Crippen molar-refractivity contribution in [1.82, 2.24) is 5.32 Å². The molecule has 0 aliphatic rings. The minimum absolute atomic E-state index is 0.280. The third kappa shape index (κ3) is 3.62. The molecule has 1 atom stereocenters. The molecule has 4 nitrogen and oxygen atoms in total. The average molecular weight is 270 g/mol. The zero-order valence-corrected chi connectivity index (χ0v) is 11.7. The van der Waals surface area contributed by atoms with Gasteiger partial charge in [-0.2, -0.15) is 5.26 Å². The van der Waals surface area contributed by atoms with Crippen molar-refractivity contribution in [1.29, 1.82) is 5.26 Å². The molecule has 0 amide bonds. The third-order valence-electron chi connectivity index (χ3n) is 3.12. The van der Waals surface area contributed by atoms with Crippen molar-refractivity contribution >= 4 is 0 Å². The molecule has 0 spiro atoms. The van der Waals surface area contributed by atoms with Crippen molar-refractivity contribution in [3.05, 3.63) is 53.5 Å². The number of para-hydroxylation sites is 1. The number of hydrogen-bond acceptors (Lipinski definition) is 4. The number of nitrogens with zero attached hydrogens (tertiary/aromatic N) is 1. The highest BCUT2D eigenvalue weighted by atomic mass is 16.5. The van der Waals surface area contributed by atoms with Crippen LogP contribution in [-0.4, -0.2) is 13.2 Å². The number of hydrogen-bond donors (Lipinski definition) is 1. The van der Waals surface area contributed by atoms with Gasteiger partial charge in [0.25, 0.3) is 0 Å². The van der Waals surface area contributed by atoms with E-state index in [1.54, 1.807) is 13.2 Å². The predicted molar refractivity (Wildman–Crippen MR) is 76.4 cm³/mol. The number of nitriles is 1. The third-order valence-corrected chi connectivity index (χ3v) is 3.12. The second-order valence-corrected chi connectivity index (χ2v) is 4.68. The number of methoxy groups -OCH3 is 1. The van der Waals surface area contributed by atoms with Gasteiger partial charge in [-0.3, -0.25) is 0 Å². The normalized spacial score (nSPS) is 11.8. The van der Waals surface area contributed by atoms with Gasteiger partial charge >= 0.3 is 0 Å². The van der Waals surface area contributed by atoms with Crippen LogP contribution >= 0.6 is 0 Å². The van der Waals surface area contributed by atoms with Crippen molar-refractivity contribution in [2.75, 3.05) is 7.11 Å². The van der Waals surface area contributed by atoms with Gasteiger partial charge < -0.3 is 14.5 Å². The van der Waals surface area contributed by atoms with Crippen molar-refractivity contribution in [2.24, 2.45) is 0 Å². The molecular weight excluding hydrogens is 252 g/mol. The molecule has 1 unspecified atom stereocenters. The van der Waals surface area contributed by atoms with Crippen molar-refractivity contribution in [3.63, 3.8) is 0 Å². The maximum absolute atomic E-state index is 8.70. The Balaban J connectivity index is 1.89. The van der Waals surface area contributed by atoms with E-state index in [4.69, 9.17) is 14.4 Å². The molecule has 1 N–H and O–H groups in total. The standard InChI is InChI=1S/C16H18N2O2/c1-12(9-13-5-3-4-6-16(13)19-2)18-11-15-8-7-14(10-17)20-15/h3-8,12,18H,9,11H2,1-2H3. The molecule has 1 aromatic heterocycles. The van der Waals surface area contributed by atoms with Crippen LogP contribution in [0.25, 0.3) is 0 Å². The lowest BCUT2D eigenvalue weighted by atomic mass is 10.1. The van der Waals surface area contributed by atoms with E-state index in [0.717, 1.165) is 17.9 Å². The molecule has 2 aromatic rings. The SMILES string of the molecule is COc1ccccc1CC(C)NCc1ccc(C#N)o1. The molecule has 1 heterocycles. The summed E-state index contributed by atoms with van der Waals surface area (Å²) >= 11 is 0. The van der Waals surface area contributed by atoms with Crippen molar-refractivity contribution in [3.8, 4) is 11.8 Å². The first-order valence-electron chi connectivity index (χ1n) is 6.57. The lowest BCUT2D eigenvalue weighted by molar-refractivity contribution is 0.403. The van der Waals surface area contributed by atoms with Crippen LogP contribution in [0.1, 0.15) is 24.0 Å². The topological polar surface area (TPSA) is 58.2 Å². The van der Waals surface area contributed by atoms with Gasteiger partial charge in [0.2, 0.25) is 5.76 Å². The summed E-state index contributed by atoms with van der Waals surface area (Å²) in [7, 11) is 1.68. The Morgan fingerprint density at radius 2 is 2.10 bits per heavy atom. The monoisotopic (exact) mass is 270 g/mol. The fourth-order valence-corrected chi connectivity index (χ4v) is 2.08. The molecule has 2 rings (SSSR count). The molecule has 0 aliphatic carbocycles. The van der Waals surface area contributed by atoms with Gasteiger partial charge in [0, 0.05) is 6.04 Å². The Morgan fingerprint density at radius 1 is 1.30 bits per heavy atom. The fourth-order valence-electron chi connectivity index (χ4n) is 2.08. The highest BCUT2D eigenvalue weighted by molar-refractivity contribution is 5.33. The maximum Gasteiger partial charge on any atom is 0.203 e. The van der Waals surface area contributed by atoms with Gasteiger partial charge in [-0.1, -0.05) is 18.2 Å². The molecule has 0 fully saturated rings. The largest absolute Gasteiger partial charge is 0.496 e. The maximum atomic E-state index is 8.70. The second kappa shape index (κ2) is 6.78. The van der Waals surface area contributed by atoms with E-state index >= 15 is 0 Å². The van der Waals surface area contributed by atoms with E-state index in [9.17, 15) is 0 Å². The van der Waals surface area contributed by atoms with Crippen molar-refractivity contribution in [2.45, 2.75) is 25.9 Å². The van der Waals surface area contributed by atoms with E-state index in [-0.39, 0.29) is 6.04 Å². The van der Waals surface area contributed by atoms with Crippen LogP contribution in [0.2, 0.25) is 0 Å². The van der Waals surface area contributed by atoms with Crippen LogP contribution in [-0.2, 0) is 13.0 Å². The Hall–Kier alpha value is -2.25. The number of nitrogens with one attached hydrogen (secondary N) is 1. The molecule has 0 aliphatic heterocycles. The second-order valence-electron chi connectivity index (χ2n) is 4.68. The van der Waals surface area contributed by atoms with Crippen LogP contribution in [0, 0.1) is 11.3 Å². The van der Waals surface area contributed by atoms with Gasteiger partial charge in [0.05, 0.1) is 13.7 Å². The summed E-state index contributed by atoms with van der Waals surface area (Å²) in [6.45, 7) is 2.72. The summed E-state index contributed by atoms with van der Waals surface area (Å²) in [5, 5.41) is 12.1. The number of ether oxygens (including phenoxy) is 1. The van der Waals surface area contributed by atoms with Gasteiger partial charge in [0.15, 0.2) is 0 Å². The first-order valence-corrected chi connectivity index (χ1v) is 6.57. The number of furan rings is 1. The lowest BCUT2D eigenvalue weighted by Gasteiger charge is -2.15. The van der Waals surface area contributed by atoms with E-state index in [2.05, 4.69) is 18.3 Å². The number of benzene rings is 1. The van der Waals surface area contributed by atoms with E-state index in [1.807, 2.05) is 30.3 Å². The zero-order valence-electron chi connectivity index (χ0n) is 11.7.